The van der Waals surface area contributed by atoms with Crippen molar-refractivity contribution in [1.29, 1.82) is 0 Å². The van der Waals surface area contributed by atoms with E-state index in [0.717, 1.165) is 28.4 Å². The van der Waals surface area contributed by atoms with Crippen molar-refractivity contribution in [2.45, 2.75) is 25.0 Å². The van der Waals surface area contributed by atoms with Crippen LogP contribution in [0.4, 0.5) is 4.39 Å². The van der Waals surface area contributed by atoms with Crippen LogP contribution >= 0.6 is 15.9 Å². The number of hydrogen-bond acceptors (Lipinski definition) is 3. The Morgan fingerprint density at radius 3 is 3.11 bits per heavy atom. The molecule has 2 N–H and O–H groups in total. The summed E-state index contributed by atoms with van der Waals surface area (Å²) in [7, 11) is 1.56. The molecule has 2 unspecified atom stereocenters. The van der Waals surface area contributed by atoms with E-state index in [1.807, 2.05) is 6.07 Å². The number of rotatable bonds is 5. The van der Waals surface area contributed by atoms with Crippen molar-refractivity contribution < 1.29 is 14.2 Å². The van der Waals surface area contributed by atoms with Gasteiger partial charge in [0.25, 0.3) is 0 Å². The summed E-state index contributed by atoms with van der Waals surface area (Å²) in [5.74, 6) is -0.152. The van der Waals surface area contributed by atoms with Gasteiger partial charge in [-0.2, -0.15) is 0 Å². The van der Waals surface area contributed by atoms with Gasteiger partial charge in [0.05, 0.1) is 12.7 Å². The fourth-order valence-electron chi connectivity index (χ4n) is 2.38. The van der Waals surface area contributed by atoms with E-state index < -0.39 is 6.10 Å². The molecule has 0 spiro atoms. The van der Waals surface area contributed by atoms with E-state index in [4.69, 9.17) is 4.74 Å². The Bertz CT molecular complexity index is 428. The SMILES string of the molecule is COCC(O)CNC1CCc2c(F)cc(Br)cc21. The van der Waals surface area contributed by atoms with Crippen molar-refractivity contribution in [2.24, 2.45) is 0 Å². The Balaban J connectivity index is 2.03. The Hall–Kier alpha value is -0.490. The summed E-state index contributed by atoms with van der Waals surface area (Å²) in [6.07, 6.45) is 1.07. The highest BCUT2D eigenvalue weighted by Crippen LogP contribution is 2.34. The summed E-state index contributed by atoms with van der Waals surface area (Å²) in [4.78, 5) is 0. The molecule has 100 valence electrons. The quantitative estimate of drug-likeness (QED) is 0.874. The molecule has 1 aliphatic rings. The molecule has 2 atom stereocenters. The van der Waals surface area contributed by atoms with Gasteiger partial charge >= 0.3 is 0 Å². The van der Waals surface area contributed by atoms with E-state index >= 15 is 0 Å². The lowest BCUT2D eigenvalue weighted by Crippen LogP contribution is -2.32. The van der Waals surface area contributed by atoms with Crippen molar-refractivity contribution in [3.8, 4) is 0 Å². The van der Waals surface area contributed by atoms with Gasteiger partial charge in [0.15, 0.2) is 0 Å². The Labute approximate surface area is 114 Å². The average Bonchev–Trinajstić information content (AvgIpc) is 2.70. The molecule has 0 bridgehead atoms. The Kier molecular flexibility index (Phi) is 4.72. The van der Waals surface area contributed by atoms with Crippen LogP contribution in [0, 0.1) is 5.82 Å². The normalized spacial score (nSPS) is 19.9. The van der Waals surface area contributed by atoms with Gasteiger partial charge in [-0.3, -0.25) is 0 Å². The first-order valence-electron chi connectivity index (χ1n) is 6.00. The van der Waals surface area contributed by atoms with Crippen molar-refractivity contribution in [3.63, 3.8) is 0 Å². The fraction of sp³-hybridized carbons (Fsp3) is 0.538. The minimum Gasteiger partial charge on any atom is -0.389 e. The van der Waals surface area contributed by atoms with Gasteiger partial charge in [-0.1, -0.05) is 15.9 Å². The van der Waals surface area contributed by atoms with E-state index in [-0.39, 0.29) is 11.9 Å². The molecule has 0 aliphatic heterocycles. The number of benzene rings is 1. The number of aliphatic hydroxyl groups is 1. The molecule has 0 heterocycles. The summed E-state index contributed by atoms with van der Waals surface area (Å²) in [5.41, 5.74) is 1.78. The Morgan fingerprint density at radius 1 is 1.61 bits per heavy atom. The largest absolute Gasteiger partial charge is 0.389 e. The van der Waals surface area contributed by atoms with Gasteiger partial charge < -0.3 is 15.2 Å². The van der Waals surface area contributed by atoms with Gasteiger partial charge in [-0.15, -0.1) is 0 Å². The Morgan fingerprint density at radius 2 is 2.39 bits per heavy atom. The molecule has 0 amide bonds. The molecule has 1 aromatic carbocycles. The molecule has 3 nitrogen and oxygen atoms in total. The second-order valence-corrected chi connectivity index (χ2v) is 5.48. The van der Waals surface area contributed by atoms with Gasteiger partial charge in [0.1, 0.15) is 5.82 Å². The number of nitrogens with one attached hydrogen (secondary N) is 1. The predicted octanol–water partition coefficient (Wildman–Crippen LogP) is 2.17. The summed E-state index contributed by atoms with van der Waals surface area (Å²) in [5, 5.41) is 12.9. The molecule has 2 rings (SSSR count). The zero-order valence-corrected chi connectivity index (χ0v) is 11.8. The molecule has 0 aromatic heterocycles. The van der Waals surface area contributed by atoms with E-state index in [0.29, 0.717) is 13.2 Å². The van der Waals surface area contributed by atoms with E-state index in [1.54, 1.807) is 7.11 Å². The molecule has 1 aliphatic carbocycles. The smallest absolute Gasteiger partial charge is 0.127 e. The van der Waals surface area contributed by atoms with Gasteiger partial charge in [0.2, 0.25) is 0 Å². The number of hydrogen-bond donors (Lipinski definition) is 2. The zero-order chi connectivity index (χ0) is 13.1. The highest BCUT2D eigenvalue weighted by atomic mass is 79.9. The van der Waals surface area contributed by atoms with Crippen LogP contribution < -0.4 is 5.32 Å². The predicted molar refractivity (Wildman–Crippen MR) is 71.0 cm³/mol. The van der Waals surface area contributed by atoms with Gasteiger partial charge in [-0.25, -0.2) is 4.39 Å². The third-order valence-electron chi connectivity index (χ3n) is 3.21. The maximum Gasteiger partial charge on any atom is 0.127 e. The third-order valence-corrected chi connectivity index (χ3v) is 3.67. The molecule has 0 saturated carbocycles. The maximum atomic E-state index is 13.7. The second-order valence-electron chi connectivity index (χ2n) is 4.56. The van der Waals surface area contributed by atoms with Crippen LogP contribution in [-0.4, -0.2) is 31.5 Å². The lowest BCUT2D eigenvalue weighted by molar-refractivity contribution is 0.0627. The standard InChI is InChI=1S/C13H17BrFNO2/c1-18-7-9(17)6-16-13-3-2-10-11(13)4-8(14)5-12(10)15/h4-5,9,13,16-17H,2-3,6-7H2,1H3. The van der Waals surface area contributed by atoms with Crippen LogP contribution in [0.5, 0.6) is 0 Å². The molecular formula is C13H17BrFNO2. The van der Waals surface area contributed by atoms with Crippen LogP contribution in [-0.2, 0) is 11.2 Å². The van der Waals surface area contributed by atoms with Crippen molar-refractivity contribution >= 4 is 15.9 Å². The summed E-state index contributed by atoms with van der Waals surface area (Å²) in [6.45, 7) is 0.755. The number of methoxy groups -OCH3 is 1. The molecule has 0 fully saturated rings. The van der Waals surface area contributed by atoms with Crippen LogP contribution in [0.2, 0.25) is 0 Å². The number of aliphatic hydroxyl groups excluding tert-OH is 1. The van der Waals surface area contributed by atoms with Crippen molar-refractivity contribution in [3.05, 3.63) is 33.5 Å². The molecule has 0 radical (unpaired) electrons. The molecule has 1 aromatic rings. The van der Waals surface area contributed by atoms with Crippen molar-refractivity contribution in [1.82, 2.24) is 5.32 Å². The number of fused-ring (bicyclic) bond motifs is 1. The van der Waals surface area contributed by atoms with Crippen LogP contribution in [0.15, 0.2) is 16.6 Å². The summed E-state index contributed by atoms with van der Waals surface area (Å²) >= 11 is 3.31. The van der Waals surface area contributed by atoms with Crippen LogP contribution in [0.1, 0.15) is 23.6 Å². The van der Waals surface area contributed by atoms with Gasteiger partial charge in [0, 0.05) is 24.2 Å². The highest BCUT2D eigenvalue weighted by Gasteiger charge is 2.25. The monoisotopic (exact) mass is 317 g/mol. The fourth-order valence-corrected chi connectivity index (χ4v) is 2.83. The maximum absolute atomic E-state index is 13.7. The number of halogens is 2. The van der Waals surface area contributed by atoms with E-state index in [1.165, 1.54) is 6.07 Å². The van der Waals surface area contributed by atoms with E-state index in [9.17, 15) is 9.50 Å². The van der Waals surface area contributed by atoms with Crippen LogP contribution in [0.3, 0.4) is 0 Å². The minimum absolute atomic E-state index is 0.110. The zero-order valence-electron chi connectivity index (χ0n) is 10.2. The average molecular weight is 318 g/mol. The summed E-state index contributed by atoms with van der Waals surface area (Å²) < 4.78 is 19.3. The van der Waals surface area contributed by atoms with Gasteiger partial charge in [-0.05, 0) is 36.1 Å². The lowest BCUT2D eigenvalue weighted by atomic mass is 10.1. The lowest BCUT2D eigenvalue weighted by Gasteiger charge is -2.17. The third kappa shape index (κ3) is 3.09. The van der Waals surface area contributed by atoms with E-state index in [2.05, 4.69) is 21.2 Å². The second kappa shape index (κ2) is 6.10. The van der Waals surface area contributed by atoms with Crippen LogP contribution in [0.25, 0.3) is 0 Å². The molecule has 18 heavy (non-hydrogen) atoms. The highest BCUT2D eigenvalue weighted by molar-refractivity contribution is 9.10. The molecule has 5 heteroatoms. The first-order valence-corrected chi connectivity index (χ1v) is 6.79. The minimum atomic E-state index is -0.531. The topological polar surface area (TPSA) is 41.5 Å². The summed E-state index contributed by atoms with van der Waals surface area (Å²) in [6, 6.07) is 3.56. The number of ether oxygens (including phenoxy) is 1. The molecule has 0 saturated heterocycles. The first-order chi connectivity index (χ1) is 8.61. The first kappa shape index (κ1) is 13.9. The molecular weight excluding hydrogens is 301 g/mol. The van der Waals surface area contributed by atoms with Crippen molar-refractivity contribution in [2.75, 3.05) is 20.3 Å².